The lowest BCUT2D eigenvalue weighted by Gasteiger charge is -2.33. The van der Waals surface area contributed by atoms with E-state index in [1.54, 1.807) is 10.4 Å². The molecule has 0 aliphatic carbocycles. The molecule has 0 fully saturated rings. The minimum Gasteiger partial charge on any atom is -0.313 e. The molecule has 0 saturated heterocycles. The van der Waals surface area contributed by atoms with E-state index in [0.717, 1.165) is 6.54 Å². The molecule has 1 aromatic rings. The van der Waals surface area contributed by atoms with E-state index in [1.165, 1.54) is 32.4 Å². The van der Waals surface area contributed by atoms with Crippen LogP contribution in [0.2, 0.25) is 0 Å². The largest absolute Gasteiger partial charge is 0.313 e. The lowest BCUT2D eigenvalue weighted by Crippen LogP contribution is -2.40. The van der Waals surface area contributed by atoms with Crippen LogP contribution in [-0.2, 0) is 6.42 Å². The molecule has 0 saturated carbocycles. The average Bonchev–Trinajstić information content (AvgIpc) is 2.81. The Balaban J connectivity index is 1.78. The second-order valence-corrected chi connectivity index (χ2v) is 6.41. The third-order valence-corrected chi connectivity index (χ3v) is 5.01. The van der Waals surface area contributed by atoms with Gasteiger partial charge in [0.1, 0.15) is 0 Å². The van der Waals surface area contributed by atoms with Crippen LogP contribution in [-0.4, -0.2) is 30.6 Å². The number of fused-ring (bicyclic) bond motifs is 1. The van der Waals surface area contributed by atoms with Crippen LogP contribution in [0.4, 0.5) is 0 Å². The molecule has 102 valence electrons. The molecular weight excluding hydrogens is 240 g/mol. The van der Waals surface area contributed by atoms with Gasteiger partial charge in [-0.05, 0) is 43.7 Å². The van der Waals surface area contributed by atoms with Crippen molar-refractivity contribution in [2.45, 2.75) is 52.1 Å². The molecule has 1 aliphatic rings. The molecule has 2 unspecified atom stereocenters. The zero-order chi connectivity index (χ0) is 13.0. The van der Waals surface area contributed by atoms with Crippen LogP contribution in [0.5, 0.6) is 0 Å². The molecule has 1 aliphatic heterocycles. The Morgan fingerprint density at radius 2 is 2.39 bits per heavy atom. The first-order chi connectivity index (χ1) is 8.72. The first-order valence-electron chi connectivity index (χ1n) is 7.26. The van der Waals surface area contributed by atoms with E-state index in [0.29, 0.717) is 12.1 Å². The van der Waals surface area contributed by atoms with Gasteiger partial charge in [-0.2, -0.15) is 0 Å². The second-order valence-electron chi connectivity index (χ2n) is 5.40. The van der Waals surface area contributed by atoms with Gasteiger partial charge in [-0.3, -0.25) is 4.90 Å². The maximum absolute atomic E-state index is 3.63. The summed E-state index contributed by atoms with van der Waals surface area (Å²) in [6.07, 6.45) is 3.79. The molecule has 3 heteroatoms. The summed E-state index contributed by atoms with van der Waals surface area (Å²) < 4.78 is 0. The minimum atomic E-state index is 0.600. The van der Waals surface area contributed by atoms with Crippen molar-refractivity contribution < 1.29 is 0 Å². The highest BCUT2D eigenvalue weighted by molar-refractivity contribution is 7.10. The molecule has 2 heterocycles. The highest BCUT2D eigenvalue weighted by Crippen LogP contribution is 2.32. The fourth-order valence-corrected chi connectivity index (χ4v) is 3.82. The fraction of sp³-hybridized carbons (Fsp3) is 0.733. The van der Waals surface area contributed by atoms with E-state index in [1.807, 2.05) is 11.3 Å². The van der Waals surface area contributed by atoms with Gasteiger partial charge in [-0.15, -0.1) is 11.3 Å². The van der Waals surface area contributed by atoms with Gasteiger partial charge in [-0.25, -0.2) is 0 Å². The molecule has 2 atom stereocenters. The molecule has 2 rings (SSSR count). The number of nitrogens with one attached hydrogen (secondary N) is 1. The lowest BCUT2D eigenvalue weighted by atomic mass is 10.0. The first-order valence-corrected chi connectivity index (χ1v) is 8.14. The summed E-state index contributed by atoms with van der Waals surface area (Å²) in [5, 5.41) is 5.87. The maximum atomic E-state index is 3.63. The smallest absolute Gasteiger partial charge is 0.0331 e. The quantitative estimate of drug-likeness (QED) is 0.848. The summed E-state index contributed by atoms with van der Waals surface area (Å²) in [7, 11) is 0. The van der Waals surface area contributed by atoms with Crippen molar-refractivity contribution in [2.75, 3.05) is 19.6 Å². The predicted molar refractivity (Wildman–Crippen MR) is 80.4 cm³/mol. The minimum absolute atomic E-state index is 0.600. The molecule has 0 radical (unpaired) electrons. The third-order valence-electron chi connectivity index (χ3n) is 4.02. The number of thiophene rings is 1. The van der Waals surface area contributed by atoms with Crippen LogP contribution in [0.3, 0.4) is 0 Å². The first kappa shape index (κ1) is 14.0. The Labute approximate surface area is 115 Å². The molecule has 18 heavy (non-hydrogen) atoms. The molecule has 0 aromatic carbocycles. The van der Waals surface area contributed by atoms with Crippen molar-refractivity contribution >= 4 is 11.3 Å². The van der Waals surface area contributed by atoms with Crippen molar-refractivity contribution in [2.24, 2.45) is 0 Å². The van der Waals surface area contributed by atoms with Gasteiger partial charge in [-0.1, -0.05) is 13.3 Å². The van der Waals surface area contributed by atoms with E-state index in [9.17, 15) is 0 Å². The van der Waals surface area contributed by atoms with Crippen LogP contribution in [0.15, 0.2) is 11.4 Å². The lowest BCUT2D eigenvalue weighted by molar-refractivity contribution is 0.198. The van der Waals surface area contributed by atoms with Crippen LogP contribution in [0.1, 0.15) is 50.1 Å². The Morgan fingerprint density at radius 3 is 3.17 bits per heavy atom. The van der Waals surface area contributed by atoms with Gasteiger partial charge in [0.25, 0.3) is 0 Å². The van der Waals surface area contributed by atoms with Gasteiger partial charge >= 0.3 is 0 Å². The normalized spacial score (nSPS) is 21.8. The zero-order valence-electron chi connectivity index (χ0n) is 11.9. The fourth-order valence-electron chi connectivity index (χ4n) is 2.86. The van der Waals surface area contributed by atoms with Crippen LogP contribution >= 0.6 is 11.3 Å². The molecule has 0 bridgehead atoms. The Hall–Kier alpha value is -0.380. The third kappa shape index (κ3) is 3.34. The molecule has 1 aromatic heterocycles. The molecular formula is C15H26N2S. The highest BCUT2D eigenvalue weighted by atomic mass is 32.1. The van der Waals surface area contributed by atoms with E-state index in [2.05, 4.69) is 42.4 Å². The van der Waals surface area contributed by atoms with E-state index < -0.39 is 0 Å². The standard InChI is InChI=1S/C15H26N2S/c1-4-5-12(2)16-8-10-17-9-6-15-14(13(17)3)7-11-18-15/h7,11-13,16H,4-6,8-10H2,1-3H3. The summed E-state index contributed by atoms with van der Waals surface area (Å²) in [6, 6.07) is 3.57. The second kappa shape index (κ2) is 6.69. The van der Waals surface area contributed by atoms with Crippen LogP contribution < -0.4 is 5.32 Å². The number of rotatable bonds is 6. The van der Waals surface area contributed by atoms with Crippen LogP contribution in [0.25, 0.3) is 0 Å². The van der Waals surface area contributed by atoms with Crippen LogP contribution in [0, 0.1) is 0 Å². The molecule has 1 N–H and O–H groups in total. The van der Waals surface area contributed by atoms with Gasteiger partial charge < -0.3 is 5.32 Å². The summed E-state index contributed by atoms with van der Waals surface area (Å²) in [4.78, 5) is 4.21. The average molecular weight is 266 g/mol. The Bertz CT molecular complexity index is 361. The molecule has 0 amide bonds. The topological polar surface area (TPSA) is 15.3 Å². The number of hydrogen-bond acceptors (Lipinski definition) is 3. The van der Waals surface area contributed by atoms with Crippen molar-refractivity contribution in [1.82, 2.24) is 10.2 Å². The van der Waals surface area contributed by atoms with Gasteiger partial charge in [0.05, 0.1) is 0 Å². The van der Waals surface area contributed by atoms with Crippen molar-refractivity contribution in [1.29, 1.82) is 0 Å². The van der Waals surface area contributed by atoms with Gasteiger partial charge in [0.2, 0.25) is 0 Å². The van der Waals surface area contributed by atoms with E-state index in [-0.39, 0.29) is 0 Å². The maximum Gasteiger partial charge on any atom is 0.0331 e. The summed E-state index contributed by atoms with van der Waals surface area (Å²) in [5.74, 6) is 0. The number of hydrogen-bond donors (Lipinski definition) is 1. The van der Waals surface area contributed by atoms with Gasteiger partial charge in [0, 0.05) is 36.6 Å². The molecule has 0 spiro atoms. The van der Waals surface area contributed by atoms with Crippen molar-refractivity contribution in [3.8, 4) is 0 Å². The summed E-state index contributed by atoms with van der Waals surface area (Å²) in [5.41, 5.74) is 1.56. The Kier molecular flexibility index (Phi) is 5.22. The van der Waals surface area contributed by atoms with Crippen molar-refractivity contribution in [3.05, 3.63) is 21.9 Å². The molecule has 2 nitrogen and oxygen atoms in total. The van der Waals surface area contributed by atoms with E-state index >= 15 is 0 Å². The summed E-state index contributed by atoms with van der Waals surface area (Å²) >= 11 is 1.92. The zero-order valence-corrected chi connectivity index (χ0v) is 12.7. The van der Waals surface area contributed by atoms with Crippen molar-refractivity contribution in [3.63, 3.8) is 0 Å². The SMILES string of the molecule is CCCC(C)NCCN1CCc2sccc2C1C. The predicted octanol–water partition coefficient (Wildman–Crippen LogP) is 3.45. The van der Waals surface area contributed by atoms with Gasteiger partial charge in [0.15, 0.2) is 0 Å². The summed E-state index contributed by atoms with van der Waals surface area (Å²) in [6.45, 7) is 10.4. The number of nitrogens with zero attached hydrogens (tertiary/aromatic N) is 1. The van der Waals surface area contributed by atoms with E-state index in [4.69, 9.17) is 0 Å². The Morgan fingerprint density at radius 1 is 1.56 bits per heavy atom. The highest BCUT2D eigenvalue weighted by Gasteiger charge is 2.23. The monoisotopic (exact) mass is 266 g/mol.